The van der Waals surface area contributed by atoms with Gasteiger partial charge in [-0.2, -0.15) is 0 Å². The van der Waals surface area contributed by atoms with E-state index in [-0.39, 0.29) is 0 Å². The summed E-state index contributed by atoms with van der Waals surface area (Å²) in [5, 5.41) is 2.22. The van der Waals surface area contributed by atoms with E-state index < -0.39 is 0 Å². The van der Waals surface area contributed by atoms with Gasteiger partial charge in [0.05, 0.1) is 11.4 Å². The van der Waals surface area contributed by atoms with Crippen molar-refractivity contribution in [3.63, 3.8) is 0 Å². The lowest BCUT2D eigenvalue weighted by atomic mass is 9.85. The van der Waals surface area contributed by atoms with E-state index in [4.69, 9.17) is 5.73 Å². The Balaban J connectivity index is 2.07. The van der Waals surface area contributed by atoms with E-state index in [1.54, 1.807) is 0 Å². The first-order valence-electron chi connectivity index (χ1n) is 7.46. The van der Waals surface area contributed by atoms with E-state index in [2.05, 4.69) is 42.8 Å². The topological polar surface area (TPSA) is 42.2 Å². The summed E-state index contributed by atoms with van der Waals surface area (Å²) in [4.78, 5) is 6.65. The van der Waals surface area contributed by atoms with Crippen molar-refractivity contribution >= 4 is 22.1 Å². The van der Waals surface area contributed by atoms with Crippen molar-refractivity contribution in [3.8, 4) is 0 Å². The minimum absolute atomic E-state index is 0.535. The molecule has 0 saturated carbocycles. The highest BCUT2D eigenvalue weighted by atomic mass is 15.2. The third-order valence-corrected chi connectivity index (χ3v) is 4.75. The molecule has 1 aliphatic rings. The number of nitrogens with two attached hydrogens (primary N) is 1. The SMILES string of the molecule is CC1CC(C)C(C)N(c2ccc3cnccc3c2N)C1. The lowest BCUT2D eigenvalue weighted by Gasteiger charge is -2.43. The summed E-state index contributed by atoms with van der Waals surface area (Å²) in [5.74, 6) is 1.42. The molecule has 3 rings (SSSR count). The van der Waals surface area contributed by atoms with Crippen LogP contribution in [0.2, 0.25) is 0 Å². The lowest BCUT2D eigenvalue weighted by Crippen LogP contribution is -2.46. The highest BCUT2D eigenvalue weighted by Crippen LogP contribution is 2.37. The predicted molar refractivity (Wildman–Crippen MR) is 85.9 cm³/mol. The summed E-state index contributed by atoms with van der Waals surface area (Å²) < 4.78 is 0. The van der Waals surface area contributed by atoms with Crippen LogP contribution in [-0.4, -0.2) is 17.6 Å². The molecule has 0 bridgehead atoms. The summed E-state index contributed by atoms with van der Waals surface area (Å²) in [6.07, 6.45) is 4.99. The van der Waals surface area contributed by atoms with Crippen LogP contribution in [-0.2, 0) is 0 Å². The van der Waals surface area contributed by atoms with Gasteiger partial charge >= 0.3 is 0 Å². The summed E-state index contributed by atoms with van der Waals surface area (Å²) in [6, 6.07) is 6.83. The Labute approximate surface area is 120 Å². The highest BCUT2D eigenvalue weighted by Gasteiger charge is 2.30. The molecule has 1 fully saturated rings. The van der Waals surface area contributed by atoms with Crippen LogP contribution in [0.15, 0.2) is 30.6 Å². The molecule has 1 aromatic carbocycles. The van der Waals surface area contributed by atoms with E-state index in [1.165, 1.54) is 12.1 Å². The van der Waals surface area contributed by atoms with Gasteiger partial charge in [-0.05, 0) is 37.3 Å². The molecule has 2 heterocycles. The number of nitrogens with zero attached hydrogens (tertiary/aromatic N) is 2. The van der Waals surface area contributed by atoms with Crippen LogP contribution in [0.25, 0.3) is 10.8 Å². The van der Waals surface area contributed by atoms with Crippen molar-refractivity contribution in [2.45, 2.75) is 33.2 Å². The van der Waals surface area contributed by atoms with Crippen molar-refractivity contribution in [1.82, 2.24) is 4.98 Å². The zero-order chi connectivity index (χ0) is 14.3. The molecule has 3 heteroatoms. The quantitative estimate of drug-likeness (QED) is 0.803. The fourth-order valence-corrected chi connectivity index (χ4v) is 3.46. The summed E-state index contributed by atoms with van der Waals surface area (Å²) in [7, 11) is 0. The molecule has 1 aliphatic heterocycles. The van der Waals surface area contributed by atoms with Crippen molar-refractivity contribution in [3.05, 3.63) is 30.6 Å². The number of benzene rings is 1. The van der Waals surface area contributed by atoms with E-state index in [9.17, 15) is 0 Å². The maximum absolute atomic E-state index is 6.43. The molecule has 1 saturated heterocycles. The molecule has 0 aliphatic carbocycles. The Hall–Kier alpha value is -1.77. The minimum atomic E-state index is 0.535. The zero-order valence-electron chi connectivity index (χ0n) is 12.5. The van der Waals surface area contributed by atoms with Gasteiger partial charge in [0.15, 0.2) is 0 Å². The first-order chi connectivity index (χ1) is 9.58. The molecule has 3 nitrogen and oxygen atoms in total. The number of anilines is 2. The van der Waals surface area contributed by atoms with Crippen LogP contribution in [0.5, 0.6) is 0 Å². The van der Waals surface area contributed by atoms with Crippen LogP contribution in [0.3, 0.4) is 0 Å². The van der Waals surface area contributed by atoms with Crippen LogP contribution in [0, 0.1) is 11.8 Å². The van der Waals surface area contributed by atoms with Crippen molar-refractivity contribution in [2.75, 3.05) is 17.2 Å². The van der Waals surface area contributed by atoms with Crippen LogP contribution in [0.4, 0.5) is 11.4 Å². The Morgan fingerprint density at radius 3 is 2.80 bits per heavy atom. The van der Waals surface area contributed by atoms with E-state index in [0.717, 1.165) is 23.0 Å². The summed E-state index contributed by atoms with van der Waals surface area (Å²) in [6.45, 7) is 8.07. The van der Waals surface area contributed by atoms with E-state index in [0.29, 0.717) is 17.9 Å². The fourth-order valence-electron chi connectivity index (χ4n) is 3.46. The minimum Gasteiger partial charge on any atom is -0.397 e. The zero-order valence-corrected chi connectivity index (χ0v) is 12.5. The third-order valence-electron chi connectivity index (χ3n) is 4.75. The molecule has 1 aromatic heterocycles. The Morgan fingerprint density at radius 1 is 1.20 bits per heavy atom. The van der Waals surface area contributed by atoms with E-state index >= 15 is 0 Å². The average molecular weight is 269 g/mol. The van der Waals surface area contributed by atoms with Crippen LogP contribution >= 0.6 is 0 Å². The van der Waals surface area contributed by atoms with Crippen LogP contribution in [0.1, 0.15) is 27.2 Å². The van der Waals surface area contributed by atoms with Crippen molar-refractivity contribution in [2.24, 2.45) is 11.8 Å². The molecule has 106 valence electrons. The van der Waals surface area contributed by atoms with Gasteiger partial charge in [-0.3, -0.25) is 4.98 Å². The monoisotopic (exact) mass is 269 g/mol. The predicted octanol–water partition coefficient (Wildman–Crippen LogP) is 3.69. The smallest absolute Gasteiger partial charge is 0.0632 e. The molecular weight excluding hydrogens is 246 g/mol. The molecule has 2 N–H and O–H groups in total. The standard InChI is InChI=1S/C17H23N3/c1-11-8-12(2)13(3)20(10-11)16-5-4-14-9-19-7-6-15(14)17(16)18/h4-7,9,11-13H,8,10,18H2,1-3H3. The van der Waals surface area contributed by atoms with Gasteiger partial charge in [0.25, 0.3) is 0 Å². The maximum Gasteiger partial charge on any atom is 0.0632 e. The second-order valence-electron chi connectivity index (χ2n) is 6.31. The Morgan fingerprint density at radius 2 is 2.00 bits per heavy atom. The first kappa shape index (κ1) is 13.2. The molecule has 0 amide bonds. The van der Waals surface area contributed by atoms with Gasteiger partial charge in [0, 0.05) is 35.8 Å². The van der Waals surface area contributed by atoms with Crippen LogP contribution < -0.4 is 10.6 Å². The number of nitrogen functional groups attached to an aromatic ring is 1. The maximum atomic E-state index is 6.43. The number of hydrogen-bond donors (Lipinski definition) is 1. The number of hydrogen-bond acceptors (Lipinski definition) is 3. The number of rotatable bonds is 1. The molecule has 3 unspecified atom stereocenters. The molecule has 0 spiro atoms. The summed E-state index contributed by atoms with van der Waals surface area (Å²) in [5.41, 5.74) is 8.50. The average Bonchev–Trinajstić information content (AvgIpc) is 2.44. The second-order valence-corrected chi connectivity index (χ2v) is 6.31. The lowest BCUT2D eigenvalue weighted by molar-refractivity contribution is 0.297. The number of aromatic nitrogens is 1. The number of pyridine rings is 1. The van der Waals surface area contributed by atoms with Gasteiger partial charge < -0.3 is 10.6 Å². The highest BCUT2D eigenvalue weighted by molar-refractivity contribution is 5.98. The van der Waals surface area contributed by atoms with Gasteiger partial charge in [-0.1, -0.05) is 19.9 Å². The first-order valence-corrected chi connectivity index (χ1v) is 7.46. The van der Waals surface area contributed by atoms with Crippen molar-refractivity contribution < 1.29 is 0 Å². The molecule has 0 radical (unpaired) electrons. The normalized spacial score (nSPS) is 26.9. The molecular formula is C17H23N3. The molecule has 3 atom stereocenters. The Kier molecular flexibility index (Phi) is 3.28. The molecule has 20 heavy (non-hydrogen) atoms. The van der Waals surface area contributed by atoms with E-state index in [1.807, 2.05) is 18.5 Å². The van der Waals surface area contributed by atoms with Gasteiger partial charge in [-0.25, -0.2) is 0 Å². The van der Waals surface area contributed by atoms with Gasteiger partial charge in [0.2, 0.25) is 0 Å². The fraction of sp³-hybridized carbons (Fsp3) is 0.471. The van der Waals surface area contributed by atoms with Gasteiger partial charge in [0.1, 0.15) is 0 Å². The number of piperidine rings is 1. The third kappa shape index (κ3) is 2.11. The number of fused-ring (bicyclic) bond motifs is 1. The van der Waals surface area contributed by atoms with Gasteiger partial charge in [-0.15, -0.1) is 0 Å². The largest absolute Gasteiger partial charge is 0.397 e. The molecule has 2 aromatic rings. The van der Waals surface area contributed by atoms with Crippen molar-refractivity contribution in [1.29, 1.82) is 0 Å². The Bertz CT molecular complexity index is 623. The second kappa shape index (κ2) is 4.97. The summed E-state index contributed by atoms with van der Waals surface area (Å²) >= 11 is 0.